The van der Waals surface area contributed by atoms with Crippen molar-refractivity contribution in [1.29, 1.82) is 0 Å². The molecule has 148 valence electrons. The summed E-state index contributed by atoms with van der Waals surface area (Å²) >= 11 is 1.35. The Balaban J connectivity index is 1.36. The third kappa shape index (κ3) is 4.25. The molecule has 0 saturated carbocycles. The number of fused-ring (bicyclic) bond motifs is 3. The molecule has 7 heteroatoms. The topological polar surface area (TPSA) is 73.9 Å². The smallest absolute Gasteiger partial charge is 0.348 e. The molecule has 0 aliphatic carbocycles. The molecule has 2 heterocycles. The van der Waals surface area contributed by atoms with Crippen LogP contribution in [0.5, 0.6) is 11.5 Å². The lowest BCUT2D eigenvalue weighted by Gasteiger charge is -2.16. The van der Waals surface area contributed by atoms with Gasteiger partial charge in [-0.25, -0.2) is 4.79 Å². The lowest BCUT2D eigenvalue weighted by atomic mass is 10.1. The standard InChI is InChI=1S/C22H19NO5S/c1-2-26-16-9-7-15(8-10-16)23-20(24)13-28-22(25)19-11-14-12-27-18-6-4-3-5-17(18)21(14)29-19/h3-11H,2,12-13H2,1H3,(H,23,24). The second-order valence-electron chi connectivity index (χ2n) is 6.33. The molecule has 1 aliphatic heterocycles. The van der Waals surface area contributed by atoms with Gasteiger partial charge in [0.15, 0.2) is 6.61 Å². The van der Waals surface area contributed by atoms with Crippen molar-refractivity contribution in [3.63, 3.8) is 0 Å². The van der Waals surface area contributed by atoms with Crippen LogP contribution in [0.15, 0.2) is 54.6 Å². The first kappa shape index (κ1) is 19.0. The van der Waals surface area contributed by atoms with Crippen molar-refractivity contribution in [2.45, 2.75) is 13.5 Å². The number of ether oxygens (including phenoxy) is 3. The van der Waals surface area contributed by atoms with Gasteiger partial charge in [0.1, 0.15) is 23.0 Å². The van der Waals surface area contributed by atoms with Gasteiger partial charge < -0.3 is 19.5 Å². The number of amides is 1. The Morgan fingerprint density at radius 3 is 2.72 bits per heavy atom. The molecule has 0 fully saturated rings. The van der Waals surface area contributed by atoms with Gasteiger partial charge in [0, 0.05) is 21.7 Å². The maximum Gasteiger partial charge on any atom is 0.348 e. The van der Waals surface area contributed by atoms with Crippen molar-refractivity contribution >= 4 is 28.9 Å². The number of benzene rings is 2. The van der Waals surface area contributed by atoms with Crippen LogP contribution in [0.25, 0.3) is 10.4 Å². The molecule has 0 unspecified atom stereocenters. The Kier molecular flexibility index (Phi) is 5.48. The molecular formula is C22H19NO5S. The molecule has 0 atom stereocenters. The minimum atomic E-state index is -0.524. The van der Waals surface area contributed by atoms with Crippen LogP contribution in [0.2, 0.25) is 0 Å². The first-order valence-corrected chi connectivity index (χ1v) is 10.0. The Hall–Kier alpha value is -3.32. The Morgan fingerprint density at radius 1 is 1.14 bits per heavy atom. The number of hydrogen-bond acceptors (Lipinski definition) is 6. The van der Waals surface area contributed by atoms with E-state index in [1.54, 1.807) is 30.3 Å². The van der Waals surface area contributed by atoms with Crippen molar-refractivity contribution in [2.75, 3.05) is 18.5 Å². The van der Waals surface area contributed by atoms with Crippen LogP contribution < -0.4 is 14.8 Å². The molecule has 0 bridgehead atoms. The summed E-state index contributed by atoms with van der Waals surface area (Å²) in [4.78, 5) is 25.9. The number of carbonyl (C=O) groups excluding carboxylic acids is 2. The number of esters is 1. The highest BCUT2D eigenvalue weighted by atomic mass is 32.1. The molecule has 6 nitrogen and oxygen atoms in total. The largest absolute Gasteiger partial charge is 0.494 e. The maximum atomic E-state index is 12.4. The van der Waals surface area contributed by atoms with E-state index in [1.165, 1.54) is 11.3 Å². The second-order valence-corrected chi connectivity index (χ2v) is 7.38. The van der Waals surface area contributed by atoms with E-state index in [1.807, 2.05) is 31.2 Å². The molecule has 1 aromatic heterocycles. The lowest BCUT2D eigenvalue weighted by Crippen LogP contribution is -2.20. The molecule has 29 heavy (non-hydrogen) atoms. The summed E-state index contributed by atoms with van der Waals surface area (Å²) in [5.41, 5.74) is 2.51. The number of rotatable bonds is 6. The van der Waals surface area contributed by atoms with Crippen molar-refractivity contribution in [3.8, 4) is 21.9 Å². The predicted molar refractivity (Wildman–Crippen MR) is 111 cm³/mol. The lowest BCUT2D eigenvalue weighted by molar-refractivity contribution is -0.119. The summed E-state index contributed by atoms with van der Waals surface area (Å²) in [6, 6.07) is 16.5. The molecule has 3 aromatic rings. The minimum Gasteiger partial charge on any atom is -0.494 e. The van der Waals surface area contributed by atoms with E-state index >= 15 is 0 Å². The summed E-state index contributed by atoms with van der Waals surface area (Å²) in [6.45, 7) is 2.53. The van der Waals surface area contributed by atoms with E-state index in [9.17, 15) is 9.59 Å². The fraction of sp³-hybridized carbons (Fsp3) is 0.182. The van der Waals surface area contributed by atoms with Crippen LogP contribution in [0.4, 0.5) is 5.69 Å². The number of nitrogens with one attached hydrogen (secondary N) is 1. The van der Waals surface area contributed by atoms with Gasteiger partial charge in [-0.3, -0.25) is 4.79 Å². The second kappa shape index (κ2) is 8.36. The number of carbonyl (C=O) groups is 2. The maximum absolute atomic E-state index is 12.4. The van der Waals surface area contributed by atoms with Crippen molar-refractivity contribution in [2.24, 2.45) is 0 Å². The molecule has 0 saturated heterocycles. The summed E-state index contributed by atoms with van der Waals surface area (Å²) in [5, 5.41) is 2.69. The van der Waals surface area contributed by atoms with Gasteiger partial charge in [0.05, 0.1) is 6.61 Å². The first-order valence-electron chi connectivity index (χ1n) is 9.19. The van der Waals surface area contributed by atoms with Crippen LogP contribution in [0.1, 0.15) is 22.2 Å². The van der Waals surface area contributed by atoms with Gasteiger partial charge in [-0.15, -0.1) is 11.3 Å². The molecule has 4 rings (SSSR count). The molecule has 1 N–H and O–H groups in total. The predicted octanol–water partition coefficient (Wildman–Crippen LogP) is 4.50. The average molecular weight is 409 g/mol. The summed E-state index contributed by atoms with van der Waals surface area (Å²) in [7, 11) is 0. The Bertz CT molecular complexity index is 1040. The number of thiophene rings is 1. The number of hydrogen-bond donors (Lipinski definition) is 1. The van der Waals surface area contributed by atoms with Crippen molar-refractivity contribution < 1.29 is 23.8 Å². The van der Waals surface area contributed by atoms with E-state index in [0.717, 1.165) is 27.5 Å². The molecule has 2 aromatic carbocycles. The van der Waals surface area contributed by atoms with Crippen LogP contribution in [0.3, 0.4) is 0 Å². The van der Waals surface area contributed by atoms with Gasteiger partial charge >= 0.3 is 5.97 Å². The monoisotopic (exact) mass is 409 g/mol. The van der Waals surface area contributed by atoms with Gasteiger partial charge in [0.25, 0.3) is 5.91 Å². The van der Waals surface area contributed by atoms with E-state index in [0.29, 0.717) is 23.8 Å². The fourth-order valence-electron chi connectivity index (χ4n) is 3.00. The van der Waals surface area contributed by atoms with E-state index in [2.05, 4.69) is 5.32 Å². The minimum absolute atomic E-state index is 0.359. The van der Waals surface area contributed by atoms with E-state index in [4.69, 9.17) is 14.2 Å². The average Bonchev–Trinajstić information content (AvgIpc) is 3.19. The normalized spacial score (nSPS) is 11.6. The highest BCUT2D eigenvalue weighted by molar-refractivity contribution is 7.17. The van der Waals surface area contributed by atoms with Crippen molar-refractivity contribution in [3.05, 3.63) is 65.0 Å². The highest BCUT2D eigenvalue weighted by Gasteiger charge is 2.23. The van der Waals surface area contributed by atoms with E-state index < -0.39 is 11.9 Å². The third-order valence-electron chi connectivity index (χ3n) is 4.31. The zero-order chi connectivity index (χ0) is 20.2. The SMILES string of the molecule is CCOc1ccc(NC(=O)COC(=O)c2cc3c(s2)-c2ccccc2OC3)cc1. The molecule has 1 amide bonds. The van der Waals surface area contributed by atoms with Gasteiger partial charge in [0.2, 0.25) is 0 Å². The Morgan fingerprint density at radius 2 is 1.93 bits per heavy atom. The quantitative estimate of drug-likeness (QED) is 0.607. The summed E-state index contributed by atoms with van der Waals surface area (Å²) < 4.78 is 16.3. The third-order valence-corrected chi connectivity index (χ3v) is 5.50. The zero-order valence-corrected chi connectivity index (χ0v) is 16.6. The van der Waals surface area contributed by atoms with Crippen LogP contribution in [-0.2, 0) is 16.1 Å². The number of anilines is 1. The summed E-state index contributed by atoms with van der Waals surface area (Å²) in [5.74, 6) is 0.599. The number of para-hydroxylation sites is 1. The molecule has 0 spiro atoms. The Labute approximate surface area is 172 Å². The van der Waals surface area contributed by atoms with Gasteiger partial charge in [-0.05, 0) is 49.4 Å². The summed E-state index contributed by atoms with van der Waals surface area (Å²) in [6.07, 6.45) is 0. The van der Waals surface area contributed by atoms with Crippen molar-refractivity contribution in [1.82, 2.24) is 0 Å². The first-order chi connectivity index (χ1) is 14.1. The zero-order valence-electron chi connectivity index (χ0n) is 15.8. The molecule has 1 aliphatic rings. The van der Waals surface area contributed by atoms with Crippen LogP contribution in [-0.4, -0.2) is 25.1 Å². The van der Waals surface area contributed by atoms with Crippen LogP contribution >= 0.6 is 11.3 Å². The fourth-order valence-corrected chi connectivity index (χ4v) is 4.09. The van der Waals surface area contributed by atoms with Crippen LogP contribution in [0, 0.1) is 0 Å². The van der Waals surface area contributed by atoms with Gasteiger partial charge in [-0.2, -0.15) is 0 Å². The molecule has 0 radical (unpaired) electrons. The van der Waals surface area contributed by atoms with E-state index in [-0.39, 0.29) is 6.61 Å². The van der Waals surface area contributed by atoms with Gasteiger partial charge in [-0.1, -0.05) is 12.1 Å². The highest BCUT2D eigenvalue weighted by Crippen LogP contribution is 2.42. The molecular weight excluding hydrogens is 390 g/mol.